The molecule has 0 spiro atoms. The Morgan fingerprint density at radius 1 is 1.35 bits per heavy atom. The molecule has 1 fully saturated rings. The van der Waals surface area contributed by atoms with Crippen LogP contribution in [-0.2, 0) is 4.79 Å². The zero-order valence-electron chi connectivity index (χ0n) is 10.2. The van der Waals surface area contributed by atoms with Gasteiger partial charge >= 0.3 is 0 Å². The van der Waals surface area contributed by atoms with Gasteiger partial charge in [0.15, 0.2) is 5.78 Å². The van der Waals surface area contributed by atoms with Gasteiger partial charge in [-0.25, -0.2) is 4.39 Å². The first-order valence-electron chi connectivity index (χ1n) is 6.02. The minimum atomic E-state index is -0.588. The van der Waals surface area contributed by atoms with Crippen molar-refractivity contribution in [2.24, 2.45) is 5.92 Å². The van der Waals surface area contributed by atoms with Crippen LogP contribution < -0.4 is 10.1 Å². The highest BCUT2D eigenvalue weighted by molar-refractivity contribution is 8.15. The summed E-state index contributed by atoms with van der Waals surface area (Å²) in [5.41, 5.74) is 0.191. The van der Waals surface area contributed by atoms with Gasteiger partial charge in [0.25, 0.3) is 5.24 Å². The SMILES string of the molecule is O=C1NC(=O)C(CC2COc3ccc(F)cc3C2=O)S1. The third-order valence-electron chi connectivity index (χ3n) is 3.28. The molecule has 0 bridgehead atoms. The molecule has 0 saturated carbocycles. The lowest BCUT2D eigenvalue weighted by molar-refractivity contribution is -0.119. The topological polar surface area (TPSA) is 72.5 Å². The fourth-order valence-electron chi connectivity index (χ4n) is 2.29. The predicted molar refractivity (Wildman–Crippen MR) is 69.3 cm³/mol. The van der Waals surface area contributed by atoms with Crippen LogP contribution in [0.4, 0.5) is 9.18 Å². The van der Waals surface area contributed by atoms with Crippen LogP contribution in [0.5, 0.6) is 5.75 Å². The van der Waals surface area contributed by atoms with Crippen molar-refractivity contribution in [3.8, 4) is 5.75 Å². The number of ketones is 1. The van der Waals surface area contributed by atoms with Crippen LogP contribution in [0.2, 0.25) is 0 Å². The Bertz CT molecular complexity index is 618. The lowest BCUT2D eigenvalue weighted by atomic mass is 9.91. The van der Waals surface area contributed by atoms with E-state index in [9.17, 15) is 18.8 Å². The molecular weight excluding hydrogens is 285 g/mol. The summed E-state index contributed by atoms with van der Waals surface area (Å²) in [6.07, 6.45) is 0.205. The van der Waals surface area contributed by atoms with E-state index in [1.54, 1.807) is 0 Å². The molecule has 2 unspecified atom stereocenters. The zero-order chi connectivity index (χ0) is 14.3. The molecule has 2 heterocycles. The smallest absolute Gasteiger partial charge is 0.286 e. The summed E-state index contributed by atoms with van der Waals surface area (Å²) in [5.74, 6) is -1.34. The van der Waals surface area contributed by atoms with Crippen molar-refractivity contribution in [3.05, 3.63) is 29.6 Å². The Morgan fingerprint density at radius 2 is 2.15 bits per heavy atom. The Balaban J connectivity index is 1.78. The molecule has 2 amide bonds. The largest absolute Gasteiger partial charge is 0.492 e. The standard InChI is InChI=1S/C13H10FNO4S/c14-7-1-2-9-8(4-7)11(16)6(5-19-9)3-10-12(17)15-13(18)20-10/h1-2,4,6,10H,3,5H2,(H,15,17,18). The molecule has 0 radical (unpaired) electrons. The first-order valence-corrected chi connectivity index (χ1v) is 6.90. The van der Waals surface area contributed by atoms with Gasteiger partial charge in [0.1, 0.15) is 11.6 Å². The molecule has 0 aliphatic carbocycles. The monoisotopic (exact) mass is 295 g/mol. The van der Waals surface area contributed by atoms with Gasteiger partial charge in [0.05, 0.1) is 23.3 Å². The Hall–Kier alpha value is -1.89. The van der Waals surface area contributed by atoms with Crippen LogP contribution in [0.3, 0.4) is 0 Å². The number of Topliss-reactive ketones (excluding diaryl/α,β-unsaturated/α-hetero) is 1. The number of fused-ring (bicyclic) bond motifs is 1. The molecule has 2 aliphatic rings. The molecule has 2 atom stereocenters. The van der Waals surface area contributed by atoms with E-state index >= 15 is 0 Å². The second-order valence-electron chi connectivity index (χ2n) is 4.63. The minimum absolute atomic E-state index is 0.135. The van der Waals surface area contributed by atoms with Crippen LogP contribution in [0.1, 0.15) is 16.8 Å². The molecule has 1 aromatic rings. The summed E-state index contributed by atoms with van der Waals surface area (Å²) < 4.78 is 18.6. The van der Waals surface area contributed by atoms with Crippen LogP contribution in [0, 0.1) is 11.7 Å². The average molecular weight is 295 g/mol. The van der Waals surface area contributed by atoms with Crippen LogP contribution in [-0.4, -0.2) is 28.8 Å². The summed E-state index contributed by atoms with van der Waals surface area (Å²) in [4.78, 5) is 34.9. The van der Waals surface area contributed by atoms with Crippen molar-refractivity contribution in [1.82, 2.24) is 5.32 Å². The van der Waals surface area contributed by atoms with E-state index in [1.807, 2.05) is 0 Å². The van der Waals surface area contributed by atoms with Crippen molar-refractivity contribution in [2.75, 3.05) is 6.61 Å². The number of nitrogens with one attached hydrogen (secondary N) is 1. The summed E-state index contributed by atoms with van der Waals surface area (Å²) >= 11 is 0.872. The van der Waals surface area contributed by atoms with Gasteiger partial charge in [-0.05, 0) is 24.6 Å². The third kappa shape index (κ3) is 2.29. The van der Waals surface area contributed by atoms with Crippen LogP contribution in [0.25, 0.3) is 0 Å². The van der Waals surface area contributed by atoms with Gasteiger partial charge in [-0.3, -0.25) is 19.7 Å². The van der Waals surface area contributed by atoms with Gasteiger partial charge in [0.2, 0.25) is 5.91 Å². The maximum Gasteiger partial charge on any atom is 0.286 e. The van der Waals surface area contributed by atoms with Gasteiger partial charge in [-0.15, -0.1) is 0 Å². The second-order valence-corrected chi connectivity index (χ2v) is 5.81. The number of thioether (sulfide) groups is 1. The van der Waals surface area contributed by atoms with E-state index in [-0.39, 0.29) is 24.4 Å². The fourth-order valence-corrected chi connectivity index (χ4v) is 3.20. The quantitative estimate of drug-likeness (QED) is 0.900. The van der Waals surface area contributed by atoms with E-state index in [4.69, 9.17) is 4.74 Å². The molecule has 1 saturated heterocycles. The molecule has 20 heavy (non-hydrogen) atoms. The summed E-state index contributed by atoms with van der Waals surface area (Å²) in [6, 6.07) is 3.78. The van der Waals surface area contributed by atoms with Crippen LogP contribution >= 0.6 is 11.8 Å². The van der Waals surface area contributed by atoms with Crippen molar-refractivity contribution < 1.29 is 23.5 Å². The van der Waals surface area contributed by atoms with Crippen LogP contribution in [0.15, 0.2) is 18.2 Å². The molecule has 3 rings (SSSR count). The predicted octanol–water partition coefficient (Wildman–Crippen LogP) is 1.76. The van der Waals surface area contributed by atoms with Crippen molar-refractivity contribution in [2.45, 2.75) is 11.7 Å². The number of hydrogen-bond acceptors (Lipinski definition) is 5. The number of amides is 2. The van der Waals surface area contributed by atoms with E-state index in [2.05, 4.69) is 5.32 Å². The number of carbonyl (C=O) groups excluding carboxylic acids is 3. The lowest BCUT2D eigenvalue weighted by Gasteiger charge is -2.24. The Morgan fingerprint density at radius 3 is 2.85 bits per heavy atom. The van der Waals surface area contributed by atoms with E-state index in [0.29, 0.717) is 5.75 Å². The lowest BCUT2D eigenvalue weighted by Crippen LogP contribution is -2.33. The number of rotatable bonds is 2. The first-order chi connectivity index (χ1) is 9.54. The zero-order valence-corrected chi connectivity index (χ0v) is 11.0. The number of benzene rings is 1. The number of ether oxygens (including phenoxy) is 1. The molecule has 104 valence electrons. The van der Waals surface area contributed by atoms with Crippen molar-refractivity contribution in [3.63, 3.8) is 0 Å². The number of carbonyl (C=O) groups is 3. The molecular formula is C13H10FNO4S. The number of halogens is 1. The first kappa shape index (κ1) is 13.1. The minimum Gasteiger partial charge on any atom is -0.492 e. The second kappa shape index (κ2) is 4.90. The molecule has 2 aliphatic heterocycles. The van der Waals surface area contributed by atoms with E-state index in [0.717, 1.165) is 17.8 Å². The highest BCUT2D eigenvalue weighted by atomic mass is 32.2. The Labute approximate surface area is 117 Å². The van der Waals surface area contributed by atoms with Gasteiger partial charge in [-0.1, -0.05) is 11.8 Å². The van der Waals surface area contributed by atoms with Gasteiger partial charge in [0, 0.05) is 0 Å². The summed E-state index contributed by atoms with van der Waals surface area (Å²) in [5, 5.41) is 1.18. The molecule has 5 nitrogen and oxygen atoms in total. The van der Waals surface area contributed by atoms with Gasteiger partial charge < -0.3 is 4.74 Å². The van der Waals surface area contributed by atoms with Crippen molar-refractivity contribution >= 4 is 28.7 Å². The van der Waals surface area contributed by atoms with Gasteiger partial charge in [-0.2, -0.15) is 0 Å². The van der Waals surface area contributed by atoms with E-state index < -0.39 is 28.1 Å². The Kier molecular flexibility index (Phi) is 3.21. The van der Waals surface area contributed by atoms with E-state index in [1.165, 1.54) is 12.1 Å². The molecule has 1 aromatic carbocycles. The summed E-state index contributed by atoms with van der Waals surface area (Å²) in [6.45, 7) is 0.135. The molecule has 1 N–H and O–H groups in total. The third-order valence-corrected chi connectivity index (χ3v) is 4.29. The average Bonchev–Trinajstić information content (AvgIpc) is 2.72. The molecule has 0 aromatic heterocycles. The summed E-state index contributed by atoms with van der Waals surface area (Å²) in [7, 11) is 0. The normalized spacial score (nSPS) is 25.1. The highest BCUT2D eigenvalue weighted by Crippen LogP contribution is 2.33. The highest BCUT2D eigenvalue weighted by Gasteiger charge is 2.38. The maximum absolute atomic E-state index is 13.2. The molecule has 7 heteroatoms. The fraction of sp³-hybridized carbons (Fsp3) is 0.308. The maximum atomic E-state index is 13.2. The number of imide groups is 1. The van der Waals surface area contributed by atoms with Crippen molar-refractivity contribution in [1.29, 1.82) is 0 Å². The number of hydrogen-bond donors (Lipinski definition) is 1.